The van der Waals surface area contributed by atoms with Crippen molar-refractivity contribution >= 4 is 30.0 Å². The second-order valence-electron chi connectivity index (χ2n) is 6.58. The molecule has 0 aromatic rings. The van der Waals surface area contributed by atoms with Crippen molar-refractivity contribution in [2.24, 2.45) is 0 Å². The van der Waals surface area contributed by atoms with Crippen molar-refractivity contribution in [3.63, 3.8) is 0 Å². The number of carboxylic acid groups (broad SMARTS) is 1. The summed E-state index contributed by atoms with van der Waals surface area (Å²) in [6.45, 7) is 2.41. The molecule has 0 radical (unpaired) electrons. The minimum atomic E-state index is -1.70. The zero-order valence-corrected chi connectivity index (χ0v) is 16.6. The lowest BCUT2D eigenvalue weighted by Crippen LogP contribution is -2.51. The van der Waals surface area contributed by atoms with E-state index in [4.69, 9.17) is 33.5 Å². The Kier molecular flexibility index (Phi) is 7.94. The quantitative estimate of drug-likeness (QED) is 0.309. The number of hydrogen-bond donors (Lipinski definition) is 1. The molecule has 2 fully saturated rings. The van der Waals surface area contributed by atoms with Crippen LogP contribution in [0.4, 0.5) is 4.79 Å². The maximum absolute atomic E-state index is 12.6. The molecule has 0 aromatic heterocycles. The van der Waals surface area contributed by atoms with Crippen LogP contribution in [-0.4, -0.2) is 90.6 Å². The predicted octanol–water partition coefficient (Wildman–Crippen LogP) is -0.593. The van der Waals surface area contributed by atoms with Crippen molar-refractivity contribution in [3.05, 3.63) is 0 Å². The van der Waals surface area contributed by atoms with Crippen molar-refractivity contribution in [2.45, 2.75) is 57.8 Å². The Hall–Kier alpha value is -2.93. The lowest BCUT2D eigenvalue weighted by molar-refractivity contribution is -0.205. The molecule has 1 amide bonds. The maximum Gasteiger partial charge on any atom is 0.415 e. The molecule has 0 spiro atoms. The number of nitrogens with zero attached hydrogens (tertiary/aromatic N) is 1. The third-order valence-electron chi connectivity index (χ3n) is 4.25. The van der Waals surface area contributed by atoms with Gasteiger partial charge in [-0.3, -0.25) is 19.3 Å². The average molecular weight is 433 g/mol. The number of ether oxygens (including phenoxy) is 6. The SMILES string of the molecule is CC(=O)OCC(OC(C)=O)C(OC(C)=O)OC(=O)N1COC2CC(C(=O)O)OCC21. The maximum atomic E-state index is 12.6. The van der Waals surface area contributed by atoms with Gasteiger partial charge in [-0.05, 0) is 0 Å². The van der Waals surface area contributed by atoms with Gasteiger partial charge in [0.15, 0.2) is 6.10 Å². The molecule has 1 N–H and O–H groups in total. The molecule has 2 saturated heterocycles. The lowest BCUT2D eigenvalue weighted by atomic mass is 10.0. The van der Waals surface area contributed by atoms with Gasteiger partial charge in [-0.15, -0.1) is 0 Å². The number of amides is 1. The summed E-state index contributed by atoms with van der Waals surface area (Å²) in [5.41, 5.74) is 0. The van der Waals surface area contributed by atoms with Gasteiger partial charge in [0.2, 0.25) is 6.10 Å². The van der Waals surface area contributed by atoms with Crippen LogP contribution in [0.2, 0.25) is 0 Å². The van der Waals surface area contributed by atoms with Crippen LogP contribution in [-0.2, 0) is 47.6 Å². The molecule has 0 aliphatic carbocycles. The first kappa shape index (κ1) is 23.3. The van der Waals surface area contributed by atoms with E-state index in [1.807, 2.05) is 0 Å². The van der Waals surface area contributed by atoms with E-state index in [1.165, 1.54) is 0 Å². The largest absolute Gasteiger partial charge is 0.479 e. The molecule has 2 aliphatic rings. The molecule has 5 atom stereocenters. The fraction of sp³-hybridized carbons (Fsp3) is 0.706. The van der Waals surface area contributed by atoms with Crippen LogP contribution >= 0.6 is 0 Å². The van der Waals surface area contributed by atoms with E-state index in [1.54, 1.807) is 0 Å². The fourth-order valence-electron chi connectivity index (χ4n) is 2.95. The monoisotopic (exact) mass is 433 g/mol. The topological polar surface area (TPSA) is 164 Å². The fourth-order valence-corrected chi connectivity index (χ4v) is 2.95. The van der Waals surface area contributed by atoms with Crippen molar-refractivity contribution in [1.82, 2.24) is 4.90 Å². The van der Waals surface area contributed by atoms with E-state index in [9.17, 15) is 24.0 Å². The van der Waals surface area contributed by atoms with Crippen LogP contribution < -0.4 is 0 Å². The van der Waals surface area contributed by atoms with Crippen molar-refractivity contribution in [1.29, 1.82) is 0 Å². The van der Waals surface area contributed by atoms with Gasteiger partial charge in [-0.2, -0.15) is 0 Å². The molecule has 13 nitrogen and oxygen atoms in total. The van der Waals surface area contributed by atoms with E-state index in [2.05, 4.69) is 0 Å². The van der Waals surface area contributed by atoms with Crippen LogP contribution in [0.3, 0.4) is 0 Å². The van der Waals surface area contributed by atoms with Gasteiger partial charge in [-0.25, -0.2) is 9.59 Å². The Balaban J connectivity index is 2.08. The molecule has 5 unspecified atom stereocenters. The Morgan fingerprint density at radius 2 is 1.67 bits per heavy atom. The lowest BCUT2D eigenvalue weighted by Gasteiger charge is -2.33. The number of carboxylic acids is 1. The van der Waals surface area contributed by atoms with E-state index in [0.717, 1.165) is 25.7 Å². The molecule has 13 heteroatoms. The number of carbonyl (C=O) groups is 5. The first-order valence-corrected chi connectivity index (χ1v) is 8.99. The van der Waals surface area contributed by atoms with Crippen LogP contribution in [0, 0.1) is 0 Å². The molecule has 0 aromatic carbocycles. The molecule has 2 heterocycles. The number of carbonyl (C=O) groups excluding carboxylic acids is 4. The van der Waals surface area contributed by atoms with Crippen molar-refractivity contribution in [3.8, 4) is 0 Å². The van der Waals surface area contributed by atoms with Crippen LogP contribution in [0.25, 0.3) is 0 Å². The van der Waals surface area contributed by atoms with Crippen molar-refractivity contribution < 1.29 is 57.5 Å². The highest BCUT2D eigenvalue weighted by Crippen LogP contribution is 2.28. The average Bonchev–Trinajstić information content (AvgIpc) is 3.07. The smallest absolute Gasteiger partial charge is 0.415 e. The van der Waals surface area contributed by atoms with E-state index in [-0.39, 0.29) is 19.8 Å². The van der Waals surface area contributed by atoms with Crippen LogP contribution in [0.5, 0.6) is 0 Å². The summed E-state index contributed by atoms with van der Waals surface area (Å²) in [5, 5.41) is 9.05. The molecule has 168 valence electrons. The number of aliphatic carboxylic acids is 1. The minimum Gasteiger partial charge on any atom is -0.479 e. The highest BCUT2D eigenvalue weighted by atomic mass is 16.7. The molecule has 2 aliphatic heterocycles. The van der Waals surface area contributed by atoms with Gasteiger partial charge in [-0.1, -0.05) is 0 Å². The van der Waals surface area contributed by atoms with Gasteiger partial charge in [0.25, 0.3) is 6.29 Å². The highest BCUT2D eigenvalue weighted by Gasteiger charge is 2.46. The number of rotatable bonds is 7. The van der Waals surface area contributed by atoms with Gasteiger partial charge in [0.1, 0.15) is 13.3 Å². The summed E-state index contributed by atoms with van der Waals surface area (Å²) in [4.78, 5) is 58.7. The Morgan fingerprint density at radius 1 is 1.00 bits per heavy atom. The Labute approximate surface area is 171 Å². The molecule has 0 saturated carbocycles. The summed E-state index contributed by atoms with van der Waals surface area (Å²) in [5.74, 6) is -3.45. The number of fused-ring (bicyclic) bond motifs is 1. The van der Waals surface area contributed by atoms with Crippen LogP contribution in [0.15, 0.2) is 0 Å². The van der Waals surface area contributed by atoms with E-state index in [0.29, 0.717) is 0 Å². The predicted molar refractivity (Wildman–Crippen MR) is 91.6 cm³/mol. The normalized spacial score (nSPS) is 24.8. The zero-order valence-electron chi connectivity index (χ0n) is 16.6. The van der Waals surface area contributed by atoms with Gasteiger partial charge < -0.3 is 33.5 Å². The number of esters is 3. The second-order valence-corrected chi connectivity index (χ2v) is 6.58. The van der Waals surface area contributed by atoms with Crippen molar-refractivity contribution in [2.75, 3.05) is 19.9 Å². The summed E-state index contributed by atoms with van der Waals surface area (Å²) in [7, 11) is 0. The Bertz CT molecular complexity index is 694. The standard InChI is InChI=1S/C17H23NO12/c1-8(19)25-6-14(28-9(2)20)16(29-10(3)21)30-17(24)18-7-27-12-4-13(15(22)23)26-5-11(12)18/h11-14,16H,4-7H2,1-3H3,(H,22,23). The molecule has 0 bridgehead atoms. The summed E-state index contributed by atoms with van der Waals surface area (Å²) in [6.07, 6.45) is -5.67. The van der Waals surface area contributed by atoms with Gasteiger partial charge >= 0.3 is 30.0 Å². The number of hydrogen-bond acceptors (Lipinski definition) is 11. The van der Waals surface area contributed by atoms with E-state index < -0.39 is 67.2 Å². The highest BCUT2D eigenvalue weighted by molar-refractivity contribution is 5.73. The Morgan fingerprint density at radius 3 is 2.23 bits per heavy atom. The minimum absolute atomic E-state index is 0.0413. The molecular formula is C17H23NO12. The third kappa shape index (κ3) is 6.29. The first-order chi connectivity index (χ1) is 14.1. The summed E-state index contributed by atoms with van der Waals surface area (Å²) < 4.78 is 30.6. The van der Waals surface area contributed by atoms with Crippen LogP contribution in [0.1, 0.15) is 27.2 Å². The first-order valence-electron chi connectivity index (χ1n) is 8.99. The molecule has 2 rings (SSSR count). The summed E-state index contributed by atoms with van der Waals surface area (Å²) in [6, 6.07) is -0.619. The van der Waals surface area contributed by atoms with Gasteiger partial charge in [0, 0.05) is 27.2 Å². The molecular weight excluding hydrogens is 410 g/mol. The molecule has 30 heavy (non-hydrogen) atoms. The third-order valence-corrected chi connectivity index (χ3v) is 4.25. The van der Waals surface area contributed by atoms with Gasteiger partial charge in [0.05, 0.1) is 18.8 Å². The van der Waals surface area contributed by atoms with E-state index >= 15 is 0 Å². The summed E-state index contributed by atoms with van der Waals surface area (Å²) >= 11 is 0. The zero-order chi connectivity index (χ0) is 22.4. The second kappa shape index (κ2) is 10.2.